The number of carbonyl (C=O) groups is 1. The highest BCUT2D eigenvalue weighted by Gasteiger charge is 2.26. The zero-order valence-electron chi connectivity index (χ0n) is 11.7. The van der Waals surface area contributed by atoms with E-state index >= 15 is 0 Å². The van der Waals surface area contributed by atoms with Crippen molar-refractivity contribution in [3.05, 3.63) is 17.7 Å². The van der Waals surface area contributed by atoms with Crippen molar-refractivity contribution in [1.82, 2.24) is 14.5 Å². The number of aliphatic hydroxyl groups excluding tert-OH is 1. The number of nitrogens with zero attached hydrogens (tertiary/aromatic N) is 3. The topological polar surface area (TPSA) is 67.6 Å². The Balaban J connectivity index is 2.14. The van der Waals surface area contributed by atoms with Gasteiger partial charge in [-0.05, 0) is 27.2 Å². The molecule has 1 aliphatic heterocycles. The van der Waals surface area contributed by atoms with Crippen molar-refractivity contribution in [2.75, 3.05) is 6.54 Å². The maximum absolute atomic E-state index is 12.1. The number of rotatable bonds is 1. The molecule has 0 saturated heterocycles. The van der Waals surface area contributed by atoms with E-state index in [1.165, 1.54) is 0 Å². The van der Waals surface area contributed by atoms with E-state index in [1.54, 1.807) is 11.2 Å². The molecule has 1 N–H and O–H groups in total. The number of hydrogen-bond donors (Lipinski definition) is 1. The molecule has 1 aliphatic rings. The molecule has 2 rings (SSSR count). The number of aliphatic hydroxyl groups is 1. The Kier molecular flexibility index (Phi) is 3.80. The number of amides is 1. The summed E-state index contributed by atoms with van der Waals surface area (Å²) in [6.07, 6.45) is 2.26. The lowest BCUT2D eigenvalue weighted by atomic mass is 10.2. The molecule has 2 heterocycles. The number of aromatic nitrogens is 2. The Labute approximate surface area is 113 Å². The fourth-order valence-electron chi connectivity index (χ4n) is 2.13. The van der Waals surface area contributed by atoms with Gasteiger partial charge in [0.25, 0.3) is 0 Å². The zero-order chi connectivity index (χ0) is 14.0. The maximum atomic E-state index is 12.1. The number of aryl methyl sites for hydroxylation is 1. The summed E-state index contributed by atoms with van der Waals surface area (Å²) in [6.45, 7) is 7.35. The predicted molar refractivity (Wildman–Crippen MR) is 69.4 cm³/mol. The van der Waals surface area contributed by atoms with Crippen molar-refractivity contribution in [2.24, 2.45) is 0 Å². The molecule has 0 radical (unpaired) electrons. The molecule has 0 aromatic carbocycles. The predicted octanol–water partition coefficient (Wildman–Crippen LogP) is 1.52. The quantitative estimate of drug-likeness (QED) is 0.837. The van der Waals surface area contributed by atoms with E-state index in [0.29, 0.717) is 18.8 Å². The van der Waals surface area contributed by atoms with Crippen LogP contribution in [0.2, 0.25) is 0 Å². The van der Waals surface area contributed by atoms with Crippen molar-refractivity contribution in [2.45, 2.75) is 52.5 Å². The molecule has 19 heavy (non-hydrogen) atoms. The second kappa shape index (κ2) is 5.21. The Morgan fingerprint density at radius 1 is 1.47 bits per heavy atom. The van der Waals surface area contributed by atoms with E-state index in [2.05, 4.69) is 4.98 Å². The number of ether oxygens (including phenoxy) is 1. The molecule has 1 aromatic rings. The fraction of sp³-hybridized carbons (Fsp3) is 0.692. The van der Waals surface area contributed by atoms with Crippen molar-refractivity contribution in [3.63, 3.8) is 0 Å². The molecular formula is C13H21N3O3. The standard InChI is InChI=1S/C13H21N3O3/c1-13(2,3)19-12(18)15-5-4-6-16-9-14-10(8-17)11(16)7-15/h9,17H,4-8H2,1-3H3. The molecule has 0 unspecified atom stereocenters. The molecule has 6 heteroatoms. The first-order chi connectivity index (χ1) is 8.90. The Morgan fingerprint density at radius 2 is 2.21 bits per heavy atom. The summed E-state index contributed by atoms with van der Waals surface area (Å²) in [7, 11) is 0. The molecule has 0 saturated carbocycles. The Hall–Kier alpha value is -1.56. The molecule has 0 bridgehead atoms. The van der Waals surface area contributed by atoms with Gasteiger partial charge in [-0.1, -0.05) is 0 Å². The Morgan fingerprint density at radius 3 is 2.84 bits per heavy atom. The second-order valence-electron chi connectivity index (χ2n) is 5.74. The second-order valence-corrected chi connectivity index (χ2v) is 5.74. The number of imidazole rings is 1. The summed E-state index contributed by atoms with van der Waals surface area (Å²) in [5.41, 5.74) is 1.03. The van der Waals surface area contributed by atoms with E-state index < -0.39 is 5.60 Å². The minimum absolute atomic E-state index is 0.107. The van der Waals surface area contributed by atoms with Gasteiger partial charge in [0.15, 0.2) is 0 Å². The third kappa shape index (κ3) is 3.26. The lowest BCUT2D eigenvalue weighted by Crippen LogP contribution is -2.36. The molecule has 0 aliphatic carbocycles. The van der Waals surface area contributed by atoms with E-state index in [-0.39, 0.29) is 12.7 Å². The highest BCUT2D eigenvalue weighted by atomic mass is 16.6. The zero-order valence-corrected chi connectivity index (χ0v) is 11.7. The van der Waals surface area contributed by atoms with Gasteiger partial charge in [-0.25, -0.2) is 9.78 Å². The van der Waals surface area contributed by atoms with Crippen LogP contribution < -0.4 is 0 Å². The van der Waals surface area contributed by atoms with Crippen LogP contribution in [0.5, 0.6) is 0 Å². The summed E-state index contributed by atoms with van der Waals surface area (Å²) in [5.74, 6) is 0. The van der Waals surface area contributed by atoms with Crippen LogP contribution in [-0.4, -0.2) is 37.8 Å². The first kappa shape index (κ1) is 13.9. The molecule has 106 valence electrons. The van der Waals surface area contributed by atoms with Crippen molar-refractivity contribution in [3.8, 4) is 0 Å². The summed E-state index contributed by atoms with van der Waals surface area (Å²) in [4.78, 5) is 17.9. The van der Waals surface area contributed by atoms with Gasteiger partial charge in [-0.3, -0.25) is 0 Å². The van der Waals surface area contributed by atoms with Crippen LogP contribution in [-0.2, 0) is 24.4 Å². The number of fused-ring (bicyclic) bond motifs is 1. The van der Waals surface area contributed by atoms with E-state index in [4.69, 9.17) is 4.74 Å². The largest absolute Gasteiger partial charge is 0.444 e. The molecular weight excluding hydrogens is 246 g/mol. The van der Waals surface area contributed by atoms with Gasteiger partial charge in [0.05, 0.1) is 30.9 Å². The van der Waals surface area contributed by atoms with Crippen LogP contribution in [0.1, 0.15) is 38.6 Å². The number of hydrogen-bond acceptors (Lipinski definition) is 4. The summed E-state index contributed by atoms with van der Waals surface area (Å²) >= 11 is 0. The van der Waals surface area contributed by atoms with Gasteiger partial charge in [0, 0.05) is 13.1 Å². The SMILES string of the molecule is CC(C)(C)OC(=O)N1CCCn2cnc(CO)c2C1. The van der Waals surface area contributed by atoms with Crippen LogP contribution in [0.25, 0.3) is 0 Å². The van der Waals surface area contributed by atoms with Gasteiger partial charge >= 0.3 is 6.09 Å². The first-order valence-electron chi connectivity index (χ1n) is 6.52. The van der Waals surface area contributed by atoms with Crippen LogP contribution in [0.3, 0.4) is 0 Å². The summed E-state index contributed by atoms with van der Waals surface area (Å²) in [5, 5.41) is 9.28. The smallest absolute Gasteiger partial charge is 0.410 e. The average molecular weight is 267 g/mol. The highest BCUT2D eigenvalue weighted by Crippen LogP contribution is 2.18. The number of carbonyl (C=O) groups excluding carboxylic acids is 1. The monoisotopic (exact) mass is 267 g/mol. The highest BCUT2D eigenvalue weighted by molar-refractivity contribution is 5.68. The maximum Gasteiger partial charge on any atom is 0.410 e. The lowest BCUT2D eigenvalue weighted by Gasteiger charge is -2.26. The third-order valence-electron chi connectivity index (χ3n) is 3.00. The fourth-order valence-corrected chi connectivity index (χ4v) is 2.13. The van der Waals surface area contributed by atoms with E-state index in [0.717, 1.165) is 18.7 Å². The van der Waals surface area contributed by atoms with Gasteiger partial charge in [-0.2, -0.15) is 0 Å². The van der Waals surface area contributed by atoms with Crippen LogP contribution in [0.4, 0.5) is 4.79 Å². The summed E-state index contributed by atoms with van der Waals surface area (Å²) < 4.78 is 7.39. The van der Waals surface area contributed by atoms with Crippen molar-refractivity contribution < 1.29 is 14.6 Å². The third-order valence-corrected chi connectivity index (χ3v) is 3.00. The van der Waals surface area contributed by atoms with Crippen LogP contribution in [0, 0.1) is 0 Å². The molecule has 6 nitrogen and oxygen atoms in total. The van der Waals surface area contributed by atoms with Gasteiger partial charge in [0.1, 0.15) is 5.60 Å². The lowest BCUT2D eigenvalue weighted by molar-refractivity contribution is 0.0235. The summed E-state index contributed by atoms with van der Waals surface area (Å²) in [6, 6.07) is 0. The molecule has 1 amide bonds. The molecule has 0 atom stereocenters. The molecule has 0 spiro atoms. The minimum Gasteiger partial charge on any atom is -0.444 e. The van der Waals surface area contributed by atoms with Crippen LogP contribution in [0.15, 0.2) is 6.33 Å². The van der Waals surface area contributed by atoms with Crippen molar-refractivity contribution >= 4 is 6.09 Å². The molecule has 0 fully saturated rings. The van der Waals surface area contributed by atoms with E-state index in [9.17, 15) is 9.90 Å². The average Bonchev–Trinajstić information content (AvgIpc) is 2.55. The molecule has 1 aromatic heterocycles. The van der Waals surface area contributed by atoms with Crippen LogP contribution >= 0.6 is 0 Å². The van der Waals surface area contributed by atoms with Crippen molar-refractivity contribution in [1.29, 1.82) is 0 Å². The minimum atomic E-state index is -0.497. The normalized spacial score (nSPS) is 15.9. The van der Waals surface area contributed by atoms with Gasteiger partial charge in [-0.15, -0.1) is 0 Å². The van der Waals surface area contributed by atoms with E-state index in [1.807, 2.05) is 25.3 Å². The Bertz CT molecular complexity index is 462. The first-order valence-corrected chi connectivity index (χ1v) is 6.52. The van der Waals surface area contributed by atoms with Gasteiger partial charge < -0.3 is 19.3 Å². The van der Waals surface area contributed by atoms with Gasteiger partial charge in [0.2, 0.25) is 0 Å².